The normalized spacial score (nSPS) is 15.4. The summed E-state index contributed by atoms with van der Waals surface area (Å²) in [7, 11) is 1.52. The highest BCUT2D eigenvalue weighted by molar-refractivity contribution is 6.02. The summed E-state index contributed by atoms with van der Waals surface area (Å²) in [5.74, 6) is -1.36. The van der Waals surface area contributed by atoms with E-state index in [1.165, 1.54) is 22.8 Å². The van der Waals surface area contributed by atoms with E-state index >= 15 is 0 Å². The molecule has 32 heavy (non-hydrogen) atoms. The van der Waals surface area contributed by atoms with Crippen LogP contribution < -0.4 is 15.0 Å². The Labute approximate surface area is 183 Å². The lowest BCUT2D eigenvalue weighted by atomic mass is 10.1. The first-order valence-corrected chi connectivity index (χ1v) is 9.75. The maximum Gasteiger partial charge on any atom is 0.275 e. The zero-order valence-electron chi connectivity index (χ0n) is 17.4. The number of halogens is 1. The van der Waals surface area contributed by atoms with Gasteiger partial charge in [0.25, 0.3) is 11.8 Å². The molecule has 0 bridgehead atoms. The van der Waals surface area contributed by atoms with E-state index < -0.39 is 29.4 Å². The lowest BCUT2D eigenvalue weighted by Crippen LogP contribution is -2.49. The smallest absolute Gasteiger partial charge is 0.275 e. The Morgan fingerprint density at radius 1 is 1.41 bits per heavy atom. The van der Waals surface area contributed by atoms with Crippen molar-refractivity contribution >= 4 is 17.6 Å². The number of fused-ring (bicyclic) bond motifs is 1. The molecule has 0 aliphatic carbocycles. The zero-order valence-corrected chi connectivity index (χ0v) is 17.4. The molecule has 3 aromatic rings. The van der Waals surface area contributed by atoms with E-state index in [0.717, 1.165) is 17.3 Å². The largest absolute Gasteiger partial charge is 0.487 e. The van der Waals surface area contributed by atoms with E-state index in [1.54, 1.807) is 24.3 Å². The Hall–Kier alpha value is -4.26. The first kappa shape index (κ1) is 21.0. The second kappa shape index (κ2) is 8.47. The average molecular weight is 434 g/mol. The van der Waals surface area contributed by atoms with Crippen LogP contribution in [-0.2, 0) is 11.3 Å². The molecule has 1 N–H and O–H groups in total. The number of carbonyl (C=O) groups excluding carboxylic acids is 2. The van der Waals surface area contributed by atoms with Crippen LogP contribution in [0.15, 0.2) is 42.7 Å². The predicted molar refractivity (Wildman–Crippen MR) is 112 cm³/mol. The maximum atomic E-state index is 14.5. The van der Waals surface area contributed by atoms with Gasteiger partial charge in [-0.3, -0.25) is 19.2 Å². The van der Waals surface area contributed by atoms with Gasteiger partial charge < -0.3 is 10.1 Å². The fraction of sp³-hybridized carbons (Fsp3) is 0.227. The first-order chi connectivity index (χ1) is 15.4. The molecule has 2 aromatic heterocycles. The molecule has 0 radical (unpaired) electrons. The number of hydrogen-bond donors (Lipinski definition) is 1. The summed E-state index contributed by atoms with van der Waals surface area (Å²) in [6.07, 6.45) is 2.63. The number of anilines is 1. The molecular formula is C22H19FN6O3. The molecule has 1 atom stereocenters. The summed E-state index contributed by atoms with van der Waals surface area (Å²) in [5, 5.41) is 15.6. The lowest BCUT2D eigenvalue weighted by Gasteiger charge is -2.19. The number of ether oxygens (including phenoxy) is 1. The van der Waals surface area contributed by atoms with E-state index in [0.29, 0.717) is 17.1 Å². The van der Waals surface area contributed by atoms with Crippen molar-refractivity contribution in [1.29, 1.82) is 5.26 Å². The van der Waals surface area contributed by atoms with Crippen molar-refractivity contribution in [3.8, 4) is 11.8 Å². The molecule has 2 amide bonds. The third kappa shape index (κ3) is 4.13. The van der Waals surface area contributed by atoms with E-state index in [-0.39, 0.29) is 13.2 Å². The standard InChI is InChI=1S/C22H19FN6O3/c1-13-6-14(9-24)8-15(7-13)10-29-11-16(23)19(27-29)21(30)26-17-12-32-18-4-3-5-25-20(18)28(2)22(17)31/h3-8,11,17H,10,12H2,1-2H3,(H,26,30)/t17-/m0/s1. The van der Waals surface area contributed by atoms with Crippen LogP contribution in [0, 0.1) is 24.1 Å². The van der Waals surface area contributed by atoms with Crippen molar-refractivity contribution in [2.75, 3.05) is 18.6 Å². The molecule has 0 saturated heterocycles. The van der Waals surface area contributed by atoms with Gasteiger partial charge in [0.2, 0.25) is 0 Å². The van der Waals surface area contributed by atoms with Crippen LogP contribution in [0.25, 0.3) is 0 Å². The number of rotatable bonds is 4. The number of nitrogens with zero attached hydrogens (tertiary/aromatic N) is 5. The van der Waals surface area contributed by atoms with E-state index in [4.69, 9.17) is 10.00 Å². The van der Waals surface area contributed by atoms with E-state index in [9.17, 15) is 14.0 Å². The Morgan fingerprint density at radius 3 is 3.00 bits per heavy atom. The molecule has 0 fully saturated rings. The number of pyridine rings is 1. The van der Waals surface area contributed by atoms with Crippen LogP contribution in [0.4, 0.5) is 10.2 Å². The molecule has 4 rings (SSSR count). The molecule has 1 aliphatic rings. The van der Waals surface area contributed by atoms with E-state index in [2.05, 4.69) is 21.5 Å². The van der Waals surface area contributed by atoms with Crippen LogP contribution in [0.1, 0.15) is 27.2 Å². The number of aromatic nitrogens is 3. The molecule has 3 heterocycles. The van der Waals surface area contributed by atoms with Crippen LogP contribution in [0.5, 0.6) is 5.75 Å². The fourth-order valence-electron chi connectivity index (χ4n) is 3.50. The van der Waals surface area contributed by atoms with Gasteiger partial charge in [-0.1, -0.05) is 6.07 Å². The van der Waals surface area contributed by atoms with E-state index in [1.807, 2.05) is 13.0 Å². The SMILES string of the molecule is Cc1cc(C#N)cc(Cn2cc(F)c(C(=O)N[C@H]3COc4cccnc4N(C)C3=O)n2)c1. The van der Waals surface area contributed by atoms with Crippen molar-refractivity contribution in [2.45, 2.75) is 19.5 Å². The van der Waals surface area contributed by atoms with Gasteiger partial charge in [0.1, 0.15) is 12.6 Å². The van der Waals surface area contributed by atoms with Crippen molar-refractivity contribution in [3.05, 3.63) is 70.9 Å². The van der Waals surface area contributed by atoms with Gasteiger partial charge in [0.15, 0.2) is 23.1 Å². The highest BCUT2D eigenvalue weighted by Crippen LogP contribution is 2.27. The number of likely N-dealkylation sites (N-methyl/N-ethyl adjacent to an activating group) is 1. The monoisotopic (exact) mass is 434 g/mol. The minimum atomic E-state index is -1.04. The maximum absolute atomic E-state index is 14.5. The Balaban J connectivity index is 1.50. The van der Waals surface area contributed by atoms with Gasteiger partial charge >= 0.3 is 0 Å². The van der Waals surface area contributed by atoms with Crippen molar-refractivity contribution in [1.82, 2.24) is 20.1 Å². The second-order valence-corrected chi connectivity index (χ2v) is 7.40. The van der Waals surface area contributed by atoms with Gasteiger partial charge in [0.05, 0.1) is 24.4 Å². The Kier molecular flexibility index (Phi) is 5.55. The Morgan fingerprint density at radius 2 is 2.22 bits per heavy atom. The van der Waals surface area contributed by atoms with Crippen LogP contribution in [-0.4, -0.2) is 46.3 Å². The lowest BCUT2D eigenvalue weighted by molar-refractivity contribution is -0.120. The summed E-state index contributed by atoms with van der Waals surface area (Å²) < 4.78 is 21.4. The number of carbonyl (C=O) groups is 2. The minimum absolute atomic E-state index is 0.129. The van der Waals surface area contributed by atoms with Crippen molar-refractivity contribution < 1.29 is 18.7 Å². The Bertz CT molecular complexity index is 1250. The fourth-order valence-corrected chi connectivity index (χ4v) is 3.50. The predicted octanol–water partition coefficient (Wildman–Crippen LogP) is 1.80. The van der Waals surface area contributed by atoms with Crippen molar-refractivity contribution in [2.24, 2.45) is 0 Å². The number of aryl methyl sites for hydroxylation is 1. The average Bonchev–Trinajstić information content (AvgIpc) is 3.09. The molecule has 0 spiro atoms. The van der Waals surface area contributed by atoms with Gasteiger partial charge in [0, 0.05) is 13.2 Å². The van der Waals surface area contributed by atoms with Crippen LogP contribution >= 0.6 is 0 Å². The van der Waals surface area contributed by atoms with Crippen molar-refractivity contribution in [3.63, 3.8) is 0 Å². The topological polar surface area (TPSA) is 113 Å². The summed E-state index contributed by atoms with van der Waals surface area (Å²) >= 11 is 0. The second-order valence-electron chi connectivity index (χ2n) is 7.40. The highest BCUT2D eigenvalue weighted by Gasteiger charge is 2.32. The molecule has 9 nitrogen and oxygen atoms in total. The third-order valence-corrected chi connectivity index (χ3v) is 4.95. The molecule has 10 heteroatoms. The zero-order chi connectivity index (χ0) is 22.8. The number of nitrogens with one attached hydrogen (secondary N) is 1. The molecular weight excluding hydrogens is 415 g/mol. The molecule has 162 valence electrons. The first-order valence-electron chi connectivity index (χ1n) is 9.75. The van der Waals surface area contributed by atoms with Crippen LogP contribution in [0.2, 0.25) is 0 Å². The van der Waals surface area contributed by atoms with Crippen LogP contribution in [0.3, 0.4) is 0 Å². The summed E-state index contributed by atoms with van der Waals surface area (Å²) in [6.45, 7) is 1.90. The number of benzene rings is 1. The number of amides is 2. The highest BCUT2D eigenvalue weighted by atomic mass is 19.1. The van der Waals surface area contributed by atoms with Gasteiger partial charge in [-0.2, -0.15) is 10.4 Å². The number of nitriles is 1. The molecule has 0 unspecified atom stereocenters. The number of hydrogen-bond acceptors (Lipinski definition) is 6. The molecule has 1 aromatic carbocycles. The van der Waals surface area contributed by atoms with Gasteiger partial charge in [-0.05, 0) is 42.3 Å². The molecule has 1 aliphatic heterocycles. The minimum Gasteiger partial charge on any atom is -0.487 e. The summed E-state index contributed by atoms with van der Waals surface area (Å²) in [5.41, 5.74) is 1.68. The van der Waals surface area contributed by atoms with Gasteiger partial charge in [-0.15, -0.1) is 0 Å². The third-order valence-electron chi connectivity index (χ3n) is 4.95. The van der Waals surface area contributed by atoms with Gasteiger partial charge in [-0.25, -0.2) is 9.37 Å². The molecule has 0 saturated carbocycles. The summed E-state index contributed by atoms with van der Waals surface area (Å²) in [6, 6.07) is 9.64. The summed E-state index contributed by atoms with van der Waals surface area (Å²) in [4.78, 5) is 30.8. The quantitative estimate of drug-likeness (QED) is 0.670.